The van der Waals surface area contributed by atoms with Gasteiger partial charge in [-0.2, -0.15) is 0 Å². The van der Waals surface area contributed by atoms with Crippen LogP contribution >= 0.6 is 12.2 Å². The van der Waals surface area contributed by atoms with Crippen LogP contribution in [0, 0.1) is 6.92 Å². The molecule has 0 bridgehead atoms. The Labute approximate surface area is 119 Å². The van der Waals surface area contributed by atoms with E-state index in [1.165, 1.54) is 0 Å². The SMILES string of the molecule is CCN(CC(=O)N(C)C)c1nccc(C)c1C(N)=S. The summed E-state index contributed by atoms with van der Waals surface area (Å²) in [5, 5.41) is 0. The standard InChI is InChI=1S/C13H20N4OS/c1-5-17(8-10(18)16(3)4)13-11(12(14)19)9(2)6-7-15-13/h6-7H,5,8H2,1-4H3,(H2,14,19). The third-order valence-electron chi connectivity index (χ3n) is 2.89. The van der Waals surface area contributed by atoms with E-state index in [1.54, 1.807) is 25.2 Å². The van der Waals surface area contributed by atoms with Crippen molar-refractivity contribution in [3.63, 3.8) is 0 Å². The summed E-state index contributed by atoms with van der Waals surface area (Å²) in [7, 11) is 3.46. The van der Waals surface area contributed by atoms with E-state index in [4.69, 9.17) is 18.0 Å². The first-order valence-corrected chi connectivity index (χ1v) is 6.49. The highest BCUT2D eigenvalue weighted by Crippen LogP contribution is 2.20. The van der Waals surface area contributed by atoms with Crippen LogP contribution in [0.15, 0.2) is 12.3 Å². The number of hydrogen-bond donors (Lipinski definition) is 1. The molecular formula is C13H20N4OS. The van der Waals surface area contributed by atoms with Crippen molar-refractivity contribution in [3.8, 4) is 0 Å². The van der Waals surface area contributed by atoms with Gasteiger partial charge in [-0.3, -0.25) is 4.79 Å². The minimum atomic E-state index is 0.0130. The van der Waals surface area contributed by atoms with Gasteiger partial charge in [0.25, 0.3) is 0 Å². The van der Waals surface area contributed by atoms with E-state index < -0.39 is 0 Å². The van der Waals surface area contributed by atoms with Gasteiger partial charge in [-0.25, -0.2) is 4.98 Å². The van der Waals surface area contributed by atoms with Gasteiger partial charge in [0.15, 0.2) is 0 Å². The molecule has 0 spiro atoms. The zero-order valence-corrected chi connectivity index (χ0v) is 12.6. The fourth-order valence-corrected chi connectivity index (χ4v) is 1.98. The maximum absolute atomic E-state index is 11.8. The number of hydrogen-bond acceptors (Lipinski definition) is 4. The van der Waals surface area contributed by atoms with Gasteiger partial charge in [-0.05, 0) is 25.5 Å². The van der Waals surface area contributed by atoms with Gasteiger partial charge in [0.2, 0.25) is 5.91 Å². The van der Waals surface area contributed by atoms with Crippen LogP contribution in [0.3, 0.4) is 0 Å². The number of amides is 1. The van der Waals surface area contributed by atoms with Crippen molar-refractivity contribution in [3.05, 3.63) is 23.4 Å². The average Bonchev–Trinajstić information content (AvgIpc) is 2.34. The van der Waals surface area contributed by atoms with Crippen LogP contribution in [-0.4, -0.2) is 48.0 Å². The van der Waals surface area contributed by atoms with E-state index in [9.17, 15) is 4.79 Å². The molecule has 0 aliphatic heterocycles. The Kier molecular flexibility index (Phi) is 5.23. The fraction of sp³-hybridized carbons (Fsp3) is 0.462. The summed E-state index contributed by atoms with van der Waals surface area (Å²) in [6, 6.07) is 1.86. The first-order valence-electron chi connectivity index (χ1n) is 6.09. The normalized spacial score (nSPS) is 10.1. The molecule has 1 aromatic heterocycles. The van der Waals surface area contributed by atoms with Crippen LogP contribution < -0.4 is 10.6 Å². The highest BCUT2D eigenvalue weighted by Gasteiger charge is 2.18. The molecule has 0 saturated carbocycles. The summed E-state index contributed by atoms with van der Waals surface area (Å²) in [6.45, 7) is 4.82. The maximum Gasteiger partial charge on any atom is 0.241 e. The Morgan fingerprint density at radius 3 is 2.58 bits per heavy atom. The number of carbonyl (C=O) groups is 1. The Hall–Kier alpha value is -1.69. The lowest BCUT2D eigenvalue weighted by atomic mass is 10.1. The van der Waals surface area contributed by atoms with E-state index in [0.717, 1.165) is 11.1 Å². The number of pyridine rings is 1. The molecule has 0 aliphatic carbocycles. The van der Waals surface area contributed by atoms with Crippen molar-refractivity contribution in [1.82, 2.24) is 9.88 Å². The van der Waals surface area contributed by atoms with Crippen molar-refractivity contribution in [1.29, 1.82) is 0 Å². The average molecular weight is 280 g/mol. The molecule has 104 valence electrons. The van der Waals surface area contributed by atoms with Crippen LogP contribution in [0.4, 0.5) is 5.82 Å². The van der Waals surface area contributed by atoms with E-state index in [-0.39, 0.29) is 12.5 Å². The number of nitrogens with zero attached hydrogens (tertiary/aromatic N) is 3. The summed E-state index contributed by atoms with van der Waals surface area (Å²) in [5.74, 6) is 0.684. The molecule has 1 heterocycles. The lowest BCUT2D eigenvalue weighted by Gasteiger charge is -2.25. The number of carbonyl (C=O) groups excluding carboxylic acids is 1. The first-order chi connectivity index (χ1) is 8.88. The Morgan fingerprint density at radius 1 is 1.47 bits per heavy atom. The number of rotatable bonds is 5. The molecule has 19 heavy (non-hydrogen) atoms. The van der Waals surface area contributed by atoms with E-state index in [0.29, 0.717) is 17.4 Å². The zero-order chi connectivity index (χ0) is 14.6. The minimum Gasteiger partial charge on any atom is -0.389 e. The topological polar surface area (TPSA) is 62.5 Å². The largest absolute Gasteiger partial charge is 0.389 e. The Balaban J connectivity index is 3.15. The molecule has 6 heteroatoms. The van der Waals surface area contributed by atoms with Crippen molar-refractivity contribution < 1.29 is 4.79 Å². The minimum absolute atomic E-state index is 0.0130. The molecule has 0 unspecified atom stereocenters. The van der Waals surface area contributed by atoms with Crippen LogP contribution in [-0.2, 0) is 4.79 Å². The monoisotopic (exact) mass is 280 g/mol. The quantitative estimate of drug-likeness (QED) is 0.813. The molecule has 1 aromatic rings. The third kappa shape index (κ3) is 3.64. The van der Waals surface area contributed by atoms with Crippen LogP contribution in [0.2, 0.25) is 0 Å². The van der Waals surface area contributed by atoms with Crippen molar-refractivity contribution in [2.45, 2.75) is 13.8 Å². The Morgan fingerprint density at radius 2 is 2.11 bits per heavy atom. The smallest absolute Gasteiger partial charge is 0.241 e. The third-order valence-corrected chi connectivity index (χ3v) is 3.10. The first kappa shape index (κ1) is 15.4. The predicted octanol–water partition coefficient (Wildman–Crippen LogP) is 0.939. The van der Waals surface area contributed by atoms with E-state index >= 15 is 0 Å². The molecule has 0 saturated heterocycles. The molecule has 0 fully saturated rings. The molecule has 0 aliphatic rings. The van der Waals surface area contributed by atoms with Gasteiger partial charge in [0.1, 0.15) is 10.8 Å². The number of anilines is 1. The van der Waals surface area contributed by atoms with E-state index in [1.807, 2.05) is 24.8 Å². The highest BCUT2D eigenvalue weighted by atomic mass is 32.1. The number of thiocarbonyl (C=S) groups is 1. The van der Waals surface area contributed by atoms with Gasteiger partial charge >= 0.3 is 0 Å². The zero-order valence-electron chi connectivity index (χ0n) is 11.8. The van der Waals surface area contributed by atoms with Gasteiger partial charge in [-0.15, -0.1) is 0 Å². The number of nitrogens with two attached hydrogens (primary N) is 1. The highest BCUT2D eigenvalue weighted by molar-refractivity contribution is 7.80. The fourth-order valence-electron chi connectivity index (χ4n) is 1.73. The van der Waals surface area contributed by atoms with Gasteiger partial charge in [0.05, 0.1) is 12.1 Å². The summed E-state index contributed by atoms with van der Waals surface area (Å²) in [4.78, 5) is 19.9. The van der Waals surface area contributed by atoms with Crippen LogP contribution in [0.25, 0.3) is 0 Å². The second-order valence-corrected chi connectivity index (χ2v) is 4.93. The van der Waals surface area contributed by atoms with Crippen molar-refractivity contribution in [2.24, 2.45) is 5.73 Å². The molecule has 1 rings (SSSR count). The van der Waals surface area contributed by atoms with Crippen LogP contribution in [0.5, 0.6) is 0 Å². The molecule has 1 amide bonds. The number of aryl methyl sites for hydroxylation is 1. The summed E-state index contributed by atoms with van der Waals surface area (Å²) < 4.78 is 0. The maximum atomic E-state index is 11.8. The molecule has 2 N–H and O–H groups in total. The van der Waals surface area contributed by atoms with Crippen LogP contribution in [0.1, 0.15) is 18.1 Å². The molecule has 0 aromatic carbocycles. The van der Waals surface area contributed by atoms with Gasteiger partial charge in [0, 0.05) is 26.8 Å². The van der Waals surface area contributed by atoms with Crippen molar-refractivity contribution in [2.75, 3.05) is 32.1 Å². The number of aromatic nitrogens is 1. The molecule has 0 radical (unpaired) electrons. The second kappa shape index (κ2) is 6.47. The number of likely N-dealkylation sites (N-methyl/N-ethyl adjacent to an activating group) is 2. The molecule has 5 nitrogen and oxygen atoms in total. The lowest BCUT2D eigenvalue weighted by Crippen LogP contribution is -2.38. The predicted molar refractivity (Wildman–Crippen MR) is 81.4 cm³/mol. The Bertz CT molecular complexity index is 488. The van der Waals surface area contributed by atoms with Gasteiger partial charge in [-0.1, -0.05) is 12.2 Å². The lowest BCUT2D eigenvalue weighted by molar-refractivity contribution is -0.127. The molecule has 0 atom stereocenters. The van der Waals surface area contributed by atoms with Gasteiger partial charge < -0.3 is 15.5 Å². The summed E-state index contributed by atoms with van der Waals surface area (Å²) in [5.41, 5.74) is 7.48. The second-order valence-electron chi connectivity index (χ2n) is 4.49. The van der Waals surface area contributed by atoms with E-state index in [2.05, 4.69) is 4.98 Å². The van der Waals surface area contributed by atoms with Crippen molar-refractivity contribution >= 4 is 28.9 Å². The summed E-state index contributed by atoms with van der Waals surface area (Å²) in [6.07, 6.45) is 1.70. The summed E-state index contributed by atoms with van der Waals surface area (Å²) >= 11 is 5.09. The molecular weight excluding hydrogens is 260 g/mol.